The molecule has 2 aromatic rings. The molecule has 1 unspecified atom stereocenters. The van der Waals surface area contributed by atoms with E-state index in [1.54, 1.807) is 17.0 Å². The maximum atomic E-state index is 12.8. The number of nitrogens with one attached hydrogen (secondary N) is 1. The summed E-state index contributed by atoms with van der Waals surface area (Å²) in [4.78, 5) is 42.5. The Hall–Kier alpha value is -3.02. The Bertz CT molecular complexity index is 865. The van der Waals surface area contributed by atoms with Crippen molar-refractivity contribution in [3.63, 3.8) is 0 Å². The molecule has 1 spiro atoms. The largest absolute Gasteiger partial charge is 0.336 e. The van der Waals surface area contributed by atoms with E-state index in [1.165, 1.54) is 0 Å². The molecule has 2 saturated heterocycles. The van der Waals surface area contributed by atoms with Gasteiger partial charge in [-0.2, -0.15) is 0 Å². The van der Waals surface area contributed by atoms with Gasteiger partial charge in [-0.05, 0) is 18.6 Å². The third-order valence-corrected chi connectivity index (χ3v) is 4.91. The van der Waals surface area contributed by atoms with Gasteiger partial charge in [0.1, 0.15) is 5.69 Å². The monoisotopic (exact) mass is 335 g/mol. The molecule has 2 aliphatic heterocycles. The molecule has 25 heavy (non-hydrogen) atoms. The van der Waals surface area contributed by atoms with Crippen LogP contribution >= 0.6 is 0 Å². The Morgan fingerprint density at radius 3 is 2.60 bits per heavy atom. The molecule has 126 valence electrons. The summed E-state index contributed by atoms with van der Waals surface area (Å²) in [5.74, 6) is -0.732. The number of hydrogen-bond acceptors (Lipinski definition) is 4. The first-order valence-electron chi connectivity index (χ1n) is 8.23. The molecule has 0 radical (unpaired) electrons. The number of amides is 3. The third kappa shape index (κ3) is 2.69. The van der Waals surface area contributed by atoms with Crippen LogP contribution in [-0.2, 0) is 9.59 Å². The van der Waals surface area contributed by atoms with Gasteiger partial charge in [0.25, 0.3) is 5.91 Å². The SMILES string of the molecule is O=C1CC2(CCN(C(=O)c3cccc(-c4ccccc4)n3)C2)C(=O)N1. The lowest BCUT2D eigenvalue weighted by Crippen LogP contribution is -2.37. The maximum Gasteiger partial charge on any atom is 0.272 e. The van der Waals surface area contributed by atoms with Crippen molar-refractivity contribution in [3.8, 4) is 11.3 Å². The van der Waals surface area contributed by atoms with Gasteiger partial charge >= 0.3 is 0 Å². The van der Waals surface area contributed by atoms with Gasteiger partial charge in [-0.15, -0.1) is 0 Å². The average Bonchev–Trinajstić information content (AvgIpc) is 3.18. The minimum absolute atomic E-state index is 0.160. The minimum Gasteiger partial charge on any atom is -0.336 e. The van der Waals surface area contributed by atoms with E-state index in [-0.39, 0.29) is 30.7 Å². The van der Waals surface area contributed by atoms with Crippen molar-refractivity contribution in [1.29, 1.82) is 0 Å². The fraction of sp³-hybridized carbons (Fsp3) is 0.263. The second kappa shape index (κ2) is 5.81. The minimum atomic E-state index is -0.760. The molecule has 0 aliphatic carbocycles. The van der Waals surface area contributed by atoms with Crippen molar-refractivity contribution in [3.05, 3.63) is 54.2 Å². The summed E-state index contributed by atoms with van der Waals surface area (Å²) in [5.41, 5.74) is 1.26. The molecule has 6 heteroatoms. The van der Waals surface area contributed by atoms with Crippen molar-refractivity contribution in [1.82, 2.24) is 15.2 Å². The zero-order valence-corrected chi connectivity index (χ0v) is 13.6. The lowest BCUT2D eigenvalue weighted by molar-refractivity contribution is -0.128. The number of benzene rings is 1. The zero-order chi connectivity index (χ0) is 17.4. The van der Waals surface area contributed by atoms with Gasteiger partial charge in [0.15, 0.2) is 0 Å². The van der Waals surface area contributed by atoms with Gasteiger partial charge < -0.3 is 4.90 Å². The van der Waals surface area contributed by atoms with Crippen LogP contribution in [-0.4, -0.2) is 40.7 Å². The average molecular weight is 335 g/mol. The molecular formula is C19H17N3O3. The van der Waals surface area contributed by atoms with Crippen LogP contribution in [0.1, 0.15) is 23.3 Å². The van der Waals surface area contributed by atoms with E-state index >= 15 is 0 Å². The van der Waals surface area contributed by atoms with E-state index < -0.39 is 5.41 Å². The zero-order valence-electron chi connectivity index (χ0n) is 13.6. The highest BCUT2D eigenvalue weighted by Crippen LogP contribution is 2.38. The van der Waals surface area contributed by atoms with E-state index in [2.05, 4.69) is 10.3 Å². The fourth-order valence-electron chi connectivity index (χ4n) is 3.55. The topological polar surface area (TPSA) is 79.4 Å². The van der Waals surface area contributed by atoms with Crippen molar-refractivity contribution >= 4 is 17.7 Å². The number of carbonyl (C=O) groups is 3. The summed E-state index contributed by atoms with van der Waals surface area (Å²) in [6, 6.07) is 15.0. The Morgan fingerprint density at radius 2 is 1.88 bits per heavy atom. The smallest absolute Gasteiger partial charge is 0.272 e. The van der Waals surface area contributed by atoms with Gasteiger partial charge in [0, 0.05) is 25.1 Å². The van der Waals surface area contributed by atoms with Crippen LogP contribution in [0.3, 0.4) is 0 Å². The second-order valence-electron chi connectivity index (χ2n) is 6.59. The standard InChI is InChI=1S/C19H17N3O3/c23-16-11-19(18(25)21-16)9-10-22(12-19)17(24)15-8-4-7-14(20-15)13-5-2-1-3-6-13/h1-8H,9-12H2,(H,21,23,25). The Labute approximate surface area is 144 Å². The van der Waals surface area contributed by atoms with Gasteiger partial charge in [-0.3, -0.25) is 19.7 Å². The van der Waals surface area contributed by atoms with Crippen LogP contribution in [0, 0.1) is 5.41 Å². The lowest BCUT2D eigenvalue weighted by atomic mass is 9.85. The first-order chi connectivity index (χ1) is 12.1. The first-order valence-corrected chi connectivity index (χ1v) is 8.23. The first kappa shape index (κ1) is 15.5. The predicted octanol–water partition coefficient (Wildman–Crippen LogP) is 1.63. The van der Waals surface area contributed by atoms with Crippen molar-refractivity contribution in [2.75, 3.05) is 13.1 Å². The third-order valence-electron chi connectivity index (χ3n) is 4.91. The number of aromatic nitrogens is 1. The number of hydrogen-bond donors (Lipinski definition) is 1. The summed E-state index contributed by atoms with van der Waals surface area (Å²) in [7, 11) is 0. The molecule has 0 saturated carbocycles. The summed E-state index contributed by atoms with van der Waals surface area (Å²) in [6.45, 7) is 0.720. The van der Waals surface area contributed by atoms with Crippen LogP contribution in [0.2, 0.25) is 0 Å². The van der Waals surface area contributed by atoms with Gasteiger partial charge in [-0.1, -0.05) is 36.4 Å². The van der Waals surface area contributed by atoms with Crippen LogP contribution in [0.5, 0.6) is 0 Å². The molecule has 1 aromatic carbocycles. The van der Waals surface area contributed by atoms with Crippen LogP contribution in [0.15, 0.2) is 48.5 Å². The molecular weight excluding hydrogens is 318 g/mol. The van der Waals surface area contributed by atoms with E-state index in [0.29, 0.717) is 18.7 Å². The molecule has 1 atom stereocenters. The lowest BCUT2D eigenvalue weighted by Gasteiger charge is -2.20. The summed E-state index contributed by atoms with van der Waals surface area (Å²) in [5, 5.41) is 2.35. The highest BCUT2D eigenvalue weighted by atomic mass is 16.2. The van der Waals surface area contributed by atoms with E-state index in [9.17, 15) is 14.4 Å². The van der Waals surface area contributed by atoms with E-state index in [4.69, 9.17) is 0 Å². The Morgan fingerprint density at radius 1 is 1.08 bits per heavy atom. The fourth-order valence-corrected chi connectivity index (χ4v) is 3.55. The van der Waals surface area contributed by atoms with E-state index in [0.717, 1.165) is 11.3 Å². The molecule has 3 amide bonds. The quantitative estimate of drug-likeness (QED) is 0.846. The molecule has 3 heterocycles. The Balaban J connectivity index is 1.56. The van der Waals surface area contributed by atoms with Crippen LogP contribution in [0.4, 0.5) is 0 Å². The molecule has 2 aliphatic rings. The molecule has 6 nitrogen and oxygen atoms in total. The predicted molar refractivity (Wildman–Crippen MR) is 90.4 cm³/mol. The second-order valence-corrected chi connectivity index (χ2v) is 6.59. The summed E-state index contributed by atoms with van der Waals surface area (Å²) in [6.07, 6.45) is 0.668. The number of imide groups is 1. The van der Waals surface area contributed by atoms with Gasteiger partial charge in [0.05, 0.1) is 11.1 Å². The number of rotatable bonds is 2. The van der Waals surface area contributed by atoms with Crippen molar-refractivity contribution in [2.24, 2.45) is 5.41 Å². The van der Waals surface area contributed by atoms with Gasteiger partial charge in [-0.25, -0.2) is 4.98 Å². The highest BCUT2D eigenvalue weighted by molar-refractivity contribution is 6.06. The Kier molecular flexibility index (Phi) is 3.60. The van der Waals surface area contributed by atoms with Crippen LogP contribution < -0.4 is 5.32 Å². The summed E-state index contributed by atoms with van der Waals surface area (Å²) < 4.78 is 0. The van der Waals surface area contributed by atoms with Crippen molar-refractivity contribution in [2.45, 2.75) is 12.8 Å². The molecule has 0 bridgehead atoms. The molecule has 1 aromatic heterocycles. The number of likely N-dealkylation sites (tertiary alicyclic amines) is 1. The van der Waals surface area contributed by atoms with Crippen molar-refractivity contribution < 1.29 is 14.4 Å². The van der Waals surface area contributed by atoms with Gasteiger partial charge in [0.2, 0.25) is 11.8 Å². The normalized spacial score (nSPS) is 22.5. The van der Waals surface area contributed by atoms with Crippen LogP contribution in [0.25, 0.3) is 11.3 Å². The highest BCUT2D eigenvalue weighted by Gasteiger charge is 2.51. The van der Waals surface area contributed by atoms with E-state index in [1.807, 2.05) is 36.4 Å². The summed E-state index contributed by atoms with van der Waals surface area (Å²) >= 11 is 0. The number of nitrogens with zero attached hydrogens (tertiary/aromatic N) is 2. The number of pyridine rings is 1. The maximum absolute atomic E-state index is 12.8. The molecule has 4 rings (SSSR count). The molecule has 1 N–H and O–H groups in total. The number of carbonyl (C=O) groups excluding carboxylic acids is 3. The molecule has 2 fully saturated rings.